The molecule has 3 aromatic rings. The van der Waals surface area contributed by atoms with E-state index < -0.39 is 28.6 Å². The summed E-state index contributed by atoms with van der Waals surface area (Å²) in [5.74, 6) is -2.38. The molecule has 0 radical (unpaired) electrons. The lowest BCUT2D eigenvalue weighted by atomic mass is 10.0. The summed E-state index contributed by atoms with van der Waals surface area (Å²) in [4.78, 5) is 23.3. The average Bonchev–Trinajstić information content (AvgIpc) is 3.21. The third-order valence-corrected chi connectivity index (χ3v) is 9.64. The molecule has 38 heavy (non-hydrogen) atoms. The van der Waals surface area contributed by atoms with Gasteiger partial charge in [-0.25, -0.2) is 22.3 Å². The Morgan fingerprint density at radius 1 is 1.13 bits per heavy atom. The Morgan fingerprint density at radius 2 is 1.82 bits per heavy atom. The van der Waals surface area contributed by atoms with E-state index in [4.69, 9.17) is 21.4 Å². The van der Waals surface area contributed by atoms with Gasteiger partial charge in [-0.3, -0.25) is 0 Å². The highest BCUT2D eigenvalue weighted by Crippen LogP contribution is 2.42. The molecule has 0 saturated carbocycles. The van der Waals surface area contributed by atoms with Gasteiger partial charge in [0.15, 0.2) is 11.5 Å². The number of aliphatic carboxylic acids is 1. The van der Waals surface area contributed by atoms with Crippen molar-refractivity contribution in [1.29, 1.82) is 0 Å². The third-order valence-electron chi connectivity index (χ3n) is 6.23. The molecule has 0 bridgehead atoms. The van der Waals surface area contributed by atoms with Crippen molar-refractivity contribution in [2.24, 2.45) is 0 Å². The predicted molar refractivity (Wildman–Crippen MR) is 147 cm³/mol. The summed E-state index contributed by atoms with van der Waals surface area (Å²) in [5.41, 5.74) is 2.85. The molecule has 3 N–H and O–H groups in total. The minimum Gasteiger partial charge on any atom is -0.480 e. The van der Waals surface area contributed by atoms with E-state index in [0.29, 0.717) is 47.0 Å². The molecule has 202 valence electrons. The second kappa shape index (κ2) is 11.7. The van der Waals surface area contributed by atoms with Crippen LogP contribution >= 0.6 is 22.9 Å². The lowest BCUT2D eigenvalue weighted by molar-refractivity contribution is -0.139. The van der Waals surface area contributed by atoms with E-state index in [1.54, 1.807) is 31.2 Å². The number of carboxylic acid groups (broad SMARTS) is 2. The maximum absolute atomic E-state index is 12.9. The second-order valence-corrected chi connectivity index (χ2v) is 12.4. The number of sulfonamides is 1. The summed E-state index contributed by atoms with van der Waals surface area (Å²) < 4.78 is 32.6. The van der Waals surface area contributed by atoms with E-state index in [1.165, 1.54) is 4.31 Å². The quantitative estimate of drug-likeness (QED) is 0.308. The predicted octanol–water partition coefficient (Wildman–Crippen LogP) is 4.94. The van der Waals surface area contributed by atoms with Crippen LogP contribution in [0.2, 0.25) is 5.02 Å². The zero-order valence-corrected chi connectivity index (χ0v) is 22.9. The molecule has 0 spiro atoms. The van der Waals surface area contributed by atoms with E-state index in [1.807, 2.05) is 24.3 Å². The van der Waals surface area contributed by atoms with Gasteiger partial charge < -0.3 is 20.3 Å². The molecular weight excluding hydrogens is 552 g/mol. The maximum Gasteiger partial charge on any atom is 0.349 e. The summed E-state index contributed by atoms with van der Waals surface area (Å²) in [5, 5.41) is 22.5. The number of piperidine rings is 1. The van der Waals surface area contributed by atoms with Crippen LogP contribution in [0.5, 0.6) is 5.75 Å². The van der Waals surface area contributed by atoms with Crippen molar-refractivity contribution < 1.29 is 33.0 Å². The Bertz CT molecular complexity index is 1430. The molecule has 1 fully saturated rings. The van der Waals surface area contributed by atoms with Gasteiger partial charge in [-0.1, -0.05) is 35.9 Å². The number of ether oxygens (including phenoxy) is 1. The van der Waals surface area contributed by atoms with Gasteiger partial charge in [0.1, 0.15) is 5.75 Å². The molecule has 2 aromatic carbocycles. The largest absolute Gasteiger partial charge is 0.480 e. The van der Waals surface area contributed by atoms with Crippen molar-refractivity contribution in [1.82, 2.24) is 4.31 Å². The highest BCUT2D eigenvalue weighted by atomic mass is 35.5. The number of thiophene rings is 1. The molecule has 1 aromatic heterocycles. The molecule has 1 aliphatic rings. The number of aromatic carboxylic acids is 1. The highest BCUT2D eigenvalue weighted by molar-refractivity contribution is 7.88. The van der Waals surface area contributed by atoms with E-state index in [-0.39, 0.29) is 22.4 Å². The number of nitrogens with zero attached hydrogens (tertiary/aromatic N) is 1. The van der Waals surface area contributed by atoms with Crippen LogP contribution in [0, 0.1) is 6.92 Å². The number of hydrogen-bond acceptors (Lipinski definition) is 7. The van der Waals surface area contributed by atoms with E-state index in [9.17, 15) is 23.1 Å². The average molecular weight is 579 g/mol. The summed E-state index contributed by atoms with van der Waals surface area (Å²) >= 11 is 6.93. The highest BCUT2D eigenvalue weighted by Gasteiger charge is 2.28. The lowest BCUT2D eigenvalue weighted by Gasteiger charge is -2.32. The van der Waals surface area contributed by atoms with Crippen LogP contribution in [0.25, 0.3) is 10.4 Å². The van der Waals surface area contributed by atoms with E-state index >= 15 is 0 Å². The Kier molecular flexibility index (Phi) is 8.61. The maximum atomic E-state index is 12.9. The van der Waals surface area contributed by atoms with Crippen LogP contribution in [0.1, 0.15) is 33.6 Å². The Labute approximate surface area is 229 Å². The second-order valence-electron chi connectivity index (χ2n) is 8.98. The topological polar surface area (TPSA) is 133 Å². The van der Waals surface area contributed by atoms with Gasteiger partial charge in [-0.15, -0.1) is 11.3 Å². The number of hydrogen-bond donors (Lipinski definition) is 3. The van der Waals surface area contributed by atoms with Crippen LogP contribution in [-0.2, 0) is 20.6 Å². The first-order valence-electron chi connectivity index (χ1n) is 11.8. The fourth-order valence-electron chi connectivity index (χ4n) is 4.37. The monoisotopic (exact) mass is 578 g/mol. The number of benzene rings is 2. The summed E-state index contributed by atoms with van der Waals surface area (Å²) in [6, 6.07) is 14.4. The molecule has 0 aliphatic carbocycles. The van der Waals surface area contributed by atoms with Gasteiger partial charge in [0.2, 0.25) is 10.0 Å². The van der Waals surface area contributed by atoms with Crippen LogP contribution in [-0.4, -0.2) is 60.6 Å². The Morgan fingerprint density at radius 3 is 2.45 bits per heavy atom. The number of halogens is 1. The minimum atomic E-state index is -3.44. The van der Waals surface area contributed by atoms with Gasteiger partial charge in [-0.2, -0.15) is 0 Å². The lowest BCUT2D eigenvalue weighted by Crippen LogP contribution is -2.42. The minimum absolute atomic E-state index is 0.0516. The van der Waals surface area contributed by atoms with Crippen LogP contribution in [0.3, 0.4) is 0 Å². The molecule has 12 heteroatoms. The van der Waals surface area contributed by atoms with Crippen molar-refractivity contribution in [3.63, 3.8) is 0 Å². The first kappa shape index (κ1) is 27.9. The molecule has 4 rings (SSSR count). The third kappa shape index (κ3) is 6.65. The number of carbonyl (C=O) groups is 2. The fraction of sp³-hybridized carbons (Fsp3) is 0.308. The normalized spacial score (nSPS) is 14.8. The summed E-state index contributed by atoms with van der Waals surface area (Å²) in [6.07, 6.45) is 1.27. The smallest absolute Gasteiger partial charge is 0.349 e. The number of rotatable bonds is 10. The zero-order chi connectivity index (χ0) is 27.4. The van der Waals surface area contributed by atoms with Crippen LogP contribution < -0.4 is 10.1 Å². The first-order chi connectivity index (χ1) is 18.0. The van der Waals surface area contributed by atoms with Crippen molar-refractivity contribution in [2.45, 2.75) is 31.6 Å². The summed E-state index contributed by atoms with van der Waals surface area (Å²) in [6.45, 7) is 1.88. The molecule has 0 amide bonds. The van der Waals surface area contributed by atoms with Gasteiger partial charge in [0.05, 0.1) is 5.75 Å². The standard InChI is InChI=1S/C26H27ClN2O7S2/c1-16-23(36-14-22(30)31)25(26(32)33)37-24(16)18-3-2-4-21(13-18)28-20-9-11-29(12-10-20)38(34,35)15-17-5-7-19(27)8-6-17/h2-8,13,20,28H,9-12,14-15H2,1H3,(H,30,31)(H,32,33). The van der Waals surface area contributed by atoms with Crippen molar-refractivity contribution in [3.05, 3.63) is 69.6 Å². The van der Waals surface area contributed by atoms with Crippen LogP contribution in [0.15, 0.2) is 48.5 Å². The van der Waals surface area contributed by atoms with Gasteiger partial charge in [-0.05, 0) is 55.2 Å². The number of nitrogens with one attached hydrogen (secondary N) is 1. The van der Waals surface area contributed by atoms with Crippen LogP contribution in [0.4, 0.5) is 5.69 Å². The first-order valence-corrected chi connectivity index (χ1v) is 14.6. The van der Waals surface area contributed by atoms with E-state index in [0.717, 1.165) is 22.6 Å². The van der Waals surface area contributed by atoms with Gasteiger partial charge >= 0.3 is 11.9 Å². The van der Waals surface area contributed by atoms with Crippen molar-refractivity contribution in [2.75, 3.05) is 25.0 Å². The molecule has 2 heterocycles. The molecular formula is C26H27ClN2O7S2. The summed E-state index contributed by atoms with van der Waals surface area (Å²) in [7, 11) is -3.44. The van der Waals surface area contributed by atoms with Crippen molar-refractivity contribution in [3.8, 4) is 16.2 Å². The number of carboxylic acids is 2. The van der Waals surface area contributed by atoms with Crippen molar-refractivity contribution >= 4 is 50.6 Å². The molecule has 1 aliphatic heterocycles. The Balaban J connectivity index is 1.42. The SMILES string of the molecule is Cc1c(-c2cccc(NC3CCN(S(=O)(=O)Cc4ccc(Cl)cc4)CC3)c2)sc(C(=O)O)c1OCC(=O)O. The molecule has 0 unspecified atom stereocenters. The number of anilines is 1. The Hall–Kier alpha value is -3.12. The fourth-order valence-corrected chi connectivity index (χ4v) is 7.15. The molecule has 9 nitrogen and oxygen atoms in total. The van der Waals surface area contributed by atoms with E-state index in [2.05, 4.69) is 5.32 Å². The molecule has 0 atom stereocenters. The van der Waals surface area contributed by atoms with Gasteiger partial charge in [0, 0.05) is 40.3 Å². The van der Waals surface area contributed by atoms with Gasteiger partial charge in [0.25, 0.3) is 0 Å². The molecule has 1 saturated heterocycles. The zero-order valence-electron chi connectivity index (χ0n) is 20.5.